The van der Waals surface area contributed by atoms with Crippen LogP contribution in [0.4, 0.5) is 0 Å². The summed E-state index contributed by atoms with van der Waals surface area (Å²) in [6.07, 6.45) is 0. The van der Waals surface area contributed by atoms with Crippen LogP contribution >= 0.6 is 0 Å². The summed E-state index contributed by atoms with van der Waals surface area (Å²) < 4.78 is 39.3. The Morgan fingerprint density at radius 3 is 1.97 bits per heavy atom. The molecule has 1 N–H and O–H groups in total. The third-order valence-electron chi connectivity index (χ3n) is 6.61. The van der Waals surface area contributed by atoms with Crippen LogP contribution in [-0.2, 0) is 20.4 Å². The second kappa shape index (κ2) is 10.4. The fourth-order valence-electron chi connectivity index (χ4n) is 3.03. The first-order valence-corrected chi connectivity index (χ1v) is 15.6. The van der Waals surface area contributed by atoms with Gasteiger partial charge in [-0.25, -0.2) is 13.2 Å². The molecule has 1 unspecified atom stereocenters. The highest BCUT2D eigenvalue weighted by Crippen LogP contribution is 2.38. The van der Waals surface area contributed by atoms with Crippen molar-refractivity contribution in [1.29, 1.82) is 0 Å². The molecule has 0 aliphatic rings. The summed E-state index contributed by atoms with van der Waals surface area (Å²) in [5, 5.41) is 10.1. The second-order valence-corrected chi connectivity index (χ2v) is 16.6. The maximum absolute atomic E-state index is 13.4. The summed E-state index contributed by atoms with van der Waals surface area (Å²) in [4.78, 5) is 12.4. The lowest BCUT2D eigenvalue weighted by Gasteiger charge is -2.37. The Kier molecular flexibility index (Phi) is 8.48. The number of hydrogen-bond acceptors (Lipinski definition) is 5. The van der Waals surface area contributed by atoms with E-state index in [1.54, 1.807) is 31.2 Å². The molecule has 0 saturated heterocycles. The molecule has 0 radical (unpaired) electrons. The summed E-state index contributed by atoms with van der Waals surface area (Å²) in [5.74, 6) is 5.28. The van der Waals surface area contributed by atoms with Crippen molar-refractivity contribution >= 4 is 24.3 Å². The van der Waals surface area contributed by atoms with Gasteiger partial charge in [-0.3, -0.25) is 0 Å². The van der Waals surface area contributed by atoms with Gasteiger partial charge in [0.1, 0.15) is 18.1 Å². The predicted molar refractivity (Wildman–Crippen MR) is 140 cm³/mol. The van der Waals surface area contributed by atoms with Crippen molar-refractivity contribution in [1.82, 2.24) is 4.31 Å². The third kappa shape index (κ3) is 6.07. The Hall–Kier alpha value is -2.80. The Balaban J connectivity index is 2.37. The van der Waals surface area contributed by atoms with Crippen molar-refractivity contribution in [3.8, 4) is 23.3 Å². The van der Waals surface area contributed by atoms with Gasteiger partial charge in [0.2, 0.25) is 18.3 Å². The molecule has 35 heavy (non-hydrogen) atoms. The highest BCUT2D eigenvalue weighted by molar-refractivity contribution is 7.89. The molecular weight excluding hydrogens is 482 g/mol. The molecule has 9 heteroatoms. The van der Waals surface area contributed by atoms with Crippen molar-refractivity contribution in [3.63, 3.8) is 0 Å². The second-order valence-electron chi connectivity index (χ2n) is 9.92. The molecule has 0 aromatic heterocycles. The van der Waals surface area contributed by atoms with E-state index in [1.807, 2.05) is 0 Å². The smallest absolute Gasteiger partial charge is 0.329 e. The van der Waals surface area contributed by atoms with Crippen LogP contribution in [0.25, 0.3) is 0 Å². The molecule has 190 valence electrons. The lowest BCUT2D eigenvalue weighted by atomic mass is 9.92. The van der Waals surface area contributed by atoms with Gasteiger partial charge in [0, 0.05) is 7.05 Å². The number of benzene rings is 2. The Bertz CT molecular complexity index is 1210. The van der Waals surface area contributed by atoms with E-state index in [9.17, 15) is 18.3 Å². The van der Waals surface area contributed by atoms with Gasteiger partial charge in [-0.2, -0.15) is 4.31 Å². The van der Waals surface area contributed by atoms with Crippen LogP contribution in [0.1, 0.15) is 40.2 Å². The van der Waals surface area contributed by atoms with E-state index < -0.39 is 29.8 Å². The van der Waals surface area contributed by atoms with Crippen LogP contribution in [-0.4, -0.2) is 45.8 Å². The maximum Gasteiger partial charge on any atom is 0.329 e. The van der Waals surface area contributed by atoms with Crippen molar-refractivity contribution in [2.45, 2.75) is 63.2 Å². The average molecular weight is 518 g/mol. The van der Waals surface area contributed by atoms with Crippen molar-refractivity contribution in [3.05, 3.63) is 54.1 Å². The van der Waals surface area contributed by atoms with Gasteiger partial charge in [-0.05, 0) is 73.9 Å². The van der Waals surface area contributed by atoms with Crippen molar-refractivity contribution < 1.29 is 27.5 Å². The molecule has 1 atom stereocenters. The number of aliphatic carboxylic acids is 1. The van der Waals surface area contributed by atoms with Crippen LogP contribution in [0.15, 0.2) is 53.4 Å². The molecule has 0 heterocycles. The average Bonchev–Trinajstić information content (AvgIpc) is 2.78. The van der Waals surface area contributed by atoms with Crippen LogP contribution in [0.3, 0.4) is 0 Å². The molecule has 0 aliphatic heterocycles. The number of rotatable bonds is 9. The summed E-state index contributed by atoms with van der Waals surface area (Å²) in [6, 6.07) is 12.4. The SMILES string of the molecule is CC#CCOc1ccc(S(=O)(=O)N(C)C(C)(C(=O)O)c2ccc(O[Si](C)(C)C(C)(C)C)cc2)cc1. The largest absolute Gasteiger partial charge is 0.544 e. The zero-order valence-electron chi connectivity index (χ0n) is 21.7. The van der Waals surface area contributed by atoms with E-state index >= 15 is 0 Å². The van der Waals surface area contributed by atoms with Gasteiger partial charge in [-0.1, -0.05) is 38.8 Å². The summed E-state index contributed by atoms with van der Waals surface area (Å²) in [6.45, 7) is 13.9. The molecule has 2 rings (SSSR count). The van der Waals surface area contributed by atoms with Gasteiger partial charge in [0.15, 0.2) is 5.54 Å². The number of hydrogen-bond donors (Lipinski definition) is 1. The molecule has 7 nitrogen and oxygen atoms in total. The zero-order valence-corrected chi connectivity index (χ0v) is 23.5. The van der Waals surface area contributed by atoms with Crippen LogP contribution in [0.2, 0.25) is 18.1 Å². The lowest BCUT2D eigenvalue weighted by Crippen LogP contribution is -2.50. The molecule has 0 aliphatic carbocycles. The molecular formula is C26H35NO6SSi. The minimum absolute atomic E-state index is 0.000459. The number of sulfonamides is 1. The molecule has 0 bridgehead atoms. The zero-order chi connectivity index (χ0) is 26.7. The van der Waals surface area contributed by atoms with Gasteiger partial charge in [0.05, 0.1) is 4.90 Å². The van der Waals surface area contributed by atoms with Crippen LogP contribution in [0, 0.1) is 11.8 Å². The normalized spacial score (nSPS) is 14.0. The van der Waals surface area contributed by atoms with Gasteiger partial charge >= 0.3 is 5.97 Å². The number of ether oxygens (including phenoxy) is 1. The number of likely N-dealkylation sites (N-methyl/N-ethyl adjacent to an activating group) is 1. The van der Waals surface area contributed by atoms with E-state index in [0.29, 0.717) is 17.1 Å². The first-order chi connectivity index (χ1) is 16.1. The van der Waals surface area contributed by atoms with E-state index in [1.165, 1.54) is 38.2 Å². The highest BCUT2D eigenvalue weighted by Gasteiger charge is 2.46. The number of nitrogens with zero attached hydrogens (tertiary/aromatic N) is 1. The minimum Gasteiger partial charge on any atom is -0.544 e. The van der Waals surface area contributed by atoms with E-state index in [0.717, 1.165) is 4.31 Å². The topological polar surface area (TPSA) is 93.1 Å². The van der Waals surface area contributed by atoms with Gasteiger partial charge < -0.3 is 14.3 Å². The Morgan fingerprint density at radius 1 is 1.00 bits per heavy atom. The molecule has 0 fully saturated rings. The first-order valence-electron chi connectivity index (χ1n) is 11.2. The first kappa shape index (κ1) is 28.4. The minimum atomic E-state index is -4.15. The molecule has 2 aromatic rings. The molecule has 0 spiro atoms. The molecule has 2 aromatic carbocycles. The van der Waals surface area contributed by atoms with Crippen molar-refractivity contribution in [2.75, 3.05) is 13.7 Å². The third-order valence-corrected chi connectivity index (χ3v) is 12.9. The predicted octanol–water partition coefficient (Wildman–Crippen LogP) is 5.09. The molecule has 0 amide bonds. The van der Waals surface area contributed by atoms with Crippen LogP contribution < -0.4 is 9.16 Å². The summed E-state index contributed by atoms with van der Waals surface area (Å²) >= 11 is 0. The highest BCUT2D eigenvalue weighted by atomic mass is 32.2. The fourth-order valence-corrected chi connectivity index (χ4v) is 5.53. The summed E-state index contributed by atoms with van der Waals surface area (Å²) in [5.41, 5.74) is -1.53. The molecule has 0 saturated carbocycles. The fraction of sp³-hybridized carbons (Fsp3) is 0.423. The lowest BCUT2D eigenvalue weighted by molar-refractivity contribution is -0.147. The number of carboxylic acids is 1. The van der Waals surface area contributed by atoms with E-state index in [-0.39, 0.29) is 16.5 Å². The quantitative estimate of drug-likeness (QED) is 0.368. The van der Waals surface area contributed by atoms with E-state index in [2.05, 4.69) is 45.7 Å². The van der Waals surface area contributed by atoms with Gasteiger partial charge in [-0.15, -0.1) is 5.92 Å². The number of carboxylic acid groups (broad SMARTS) is 1. The monoisotopic (exact) mass is 517 g/mol. The maximum atomic E-state index is 13.4. The van der Waals surface area contributed by atoms with Crippen molar-refractivity contribution in [2.24, 2.45) is 0 Å². The van der Waals surface area contributed by atoms with Gasteiger partial charge in [0.25, 0.3) is 0 Å². The number of carbonyl (C=O) groups is 1. The Labute approximate surface area is 210 Å². The van der Waals surface area contributed by atoms with Crippen LogP contribution in [0.5, 0.6) is 11.5 Å². The standard InChI is InChI=1S/C26H35NO6SSi/c1-9-10-19-32-21-15-17-23(18-16-21)34(30,31)27(6)26(5,24(28)29)20-11-13-22(14-12-20)33-35(7,8)25(2,3)4/h11-18H,19H2,1-8H3,(H,28,29). The Morgan fingerprint density at radius 2 is 1.51 bits per heavy atom. The van der Waals surface area contributed by atoms with E-state index in [4.69, 9.17) is 9.16 Å². The summed E-state index contributed by atoms with van der Waals surface area (Å²) in [7, 11) is -4.96.